The summed E-state index contributed by atoms with van der Waals surface area (Å²) in [7, 11) is 1.98. The molecule has 0 amide bonds. The Kier molecular flexibility index (Phi) is 4.42. The highest BCUT2D eigenvalue weighted by Gasteiger charge is 2.26. The minimum Gasteiger partial charge on any atom is -0.494 e. The molecule has 3 heteroatoms. The van der Waals surface area contributed by atoms with E-state index in [1.165, 1.54) is 6.42 Å². The first-order valence-electron chi connectivity index (χ1n) is 5.39. The summed E-state index contributed by atoms with van der Waals surface area (Å²) in [6, 6.07) is 0.910. The monoisotopic (exact) mass is 198 g/mol. The van der Waals surface area contributed by atoms with Crippen LogP contribution in [0.15, 0.2) is 12.3 Å². The van der Waals surface area contributed by atoms with Gasteiger partial charge in [-0.3, -0.25) is 0 Å². The molecule has 0 aromatic heterocycles. The predicted octanol–water partition coefficient (Wildman–Crippen LogP) is 1.27. The molecule has 0 saturated carbocycles. The second-order valence-electron chi connectivity index (χ2n) is 4.18. The lowest BCUT2D eigenvalue weighted by Crippen LogP contribution is -2.37. The van der Waals surface area contributed by atoms with Gasteiger partial charge in [-0.25, -0.2) is 0 Å². The van der Waals surface area contributed by atoms with E-state index in [0.717, 1.165) is 18.7 Å². The van der Waals surface area contributed by atoms with Crippen LogP contribution in [-0.4, -0.2) is 31.8 Å². The number of nitrogens with one attached hydrogen (secondary N) is 2. The van der Waals surface area contributed by atoms with Crippen molar-refractivity contribution in [3.8, 4) is 0 Å². The first-order chi connectivity index (χ1) is 6.63. The van der Waals surface area contributed by atoms with Crippen molar-refractivity contribution in [1.82, 2.24) is 10.6 Å². The molecule has 1 aliphatic heterocycles. The Morgan fingerprint density at radius 3 is 2.86 bits per heavy atom. The van der Waals surface area contributed by atoms with E-state index < -0.39 is 0 Å². The number of ether oxygens (including phenoxy) is 1. The van der Waals surface area contributed by atoms with Crippen LogP contribution in [0.5, 0.6) is 0 Å². The maximum atomic E-state index is 5.58. The molecule has 0 aliphatic carbocycles. The molecule has 1 saturated heterocycles. The van der Waals surface area contributed by atoms with Gasteiger partial charge in [-0.05, 0) is 33.7 Å². The van der Waals surface area contributed by atoms with Crippen molar-refractivity contribution in [2.24, 2.45) is 0 Å². The lowest BCUT2D eigenvalue weighted by Gasteiger charge is -2.19. The smallest absolute Gasteiger partial charge is 0.106 e. The fourth-order valence-electron chi connectivity index (χ4n) is 1.87. The highest BCUT2D eigenvalue weighted by Crippen LogP contribution is 2.19. The lowest BCUT2D eigenvalue weighted by molar-refractivity contribution is 0.130. The van der Waals surface area contributed by atoms with Crippen molar-refractivity contribution in [1.29, 1.82) is 0 Å². The minimum atomic E-state index is 0.229. The highest BCUT2D eigenvalue weighted by atomic mass is 16.5. The van der Waals surface area contributed by atoms with Crippen molar-refractivity contribution in [3.05, 3.63) is 12.3 Å². The van der Waals surface area contributed by atoms with E-state index in [2.05, 4.69) is 17.2 Å². The maximum Gasteiger partial charge on any atom is 0.106 e. The number of rotatable bonds is 5. The third-order valence-electron chi connectivity index (χ3n) is 2.47. The molecule has 0 aromatic rings. The Labute approximate surface area is 86.9 Å². The van der Waals surface area contributed by atoms with E-state index in [-0.39, 0.29) is 6.10 Å². The zero-order valence-electron chi connectivity index (χ0n) is 9.47. The predicted molar refractivity (Wildman–Crippen MR) is 59.2 cm³/mol. The van der Waals surface area contributed by atoms with E-state index in [4.69, 9.17) is 4.74 Å². The van der Waals surface area contributed by atoms with Crippen molar-refractivity contribution in [2.45, 2.75) is 44.9 Å². The van der Waals surface area contributed by atoms with Gasteiger partial charge in [-0.15, -0.1) is 0 Å². The third kappa shape index (κ3) is 3.31. The van der Waals surface area contributed by atoms with Gasteiger partial charge in [-0.1, -0.05) is 6.58 Å². The molecule has 0 radical (unpaired) electrons. The van der Waals surface area contributed by atoms with E-state index in [9.17, 15) is 0 Å². The quantitative estimate of drug-likeness (QED) is 0.653. The largest absolute Gasteiger partial charge is 0.494 e. The Morgan fingerprint density at radius 1 is 1.57 bits per heavy atom. The molecule has 1 rings (SSSR count). The van der Waals surface area contributed by atoms with Gasteiger partial charge in [0.1, 0.15) is 5.76 Å². The fourth-order valence-corrected chi connectivity index (χ4v) is 1.87. The zero-order chi connectivity index (χ0) is 10.6. The molecule has 82 valence electrons. The molecule has 1 heterocycles. The molecular weight excluding hydrogens is 176 g/mol. The Morgan fingerprint density at radius 2 is 2.29 bits per heavy atom. The normalized spacial score (nSPS) is 26.9. The molecule has 0 spiro atoms. The molecule has 1 fully saturated rings. The van der Waals surface area contributed by atoms with Crippen LogP contribution < -0.4 is 10.6 Å². The van der Waals surface area contributed by atoms with Crippen LogP contribution in [-0.2, 0) is 4.74 Å². The van der Waals surface area contributed by atoms with Crippen molar-refractivity contribution in [2.75, 3.05) is 13.6 Å². The first kappa shape index (κ1) is 11.5. The Hall–Kier alpha value is -0.540. The van der Waals surface area contributed by atoms with E-state index >= 15 is 0 Å². The summed E-state index contributed by atoms with van der Waals surface area (Å²) >= 11 is 0. The van der Waals surface area contributed by atoms with Crippen LogP contribution >= 0.6 is 0 Å². The summed E-state index contributed by atoms with van der Waals surface area (Å²) < 4.78 is 5.58. The number of hydrogen-bond donors (Lipinski definition) is 2. The molecule has 14 heavy (non-hydrogen) atoms. The Balaban J connectivity index is 2.30. The molecule has 2 atom stereocenters. The molecule has 3 nitrogen and oxygen atoms in total. The number of likely N-dealkylation sites (N-methyl/N-ethyl adjacent to an activating group) is 1. The van der Waals surface area contributed by atoms with Crippen molar-refractivity contribution < 1.29 is 4.74 Å². The van der Waals surface area contributed by atoms with Crippen LogP contribution in [0.25, 0.3) is 0 Å². The van der Waals surface area contributed by atoms with Gasteiger partial charge in [0.05, 0.1) is 12.1 Å². The second kappa shape index (κ2) is 5.37. The van der Waals surface area contributed by atoms with Gasteiger partial charge in [0, 0.05) is 12.6 Å². The van der Waals surface area contributed by atoms with Crippen LogP contribution in [0.4, 0.5) is 0 Å². The van der Waals surface area contributed by atoms with Crippen LogP contribution in [0.2, 0.25) is 0 Å². The van der Waals surface area contributed by atoms with Gasteiger partial charge in [-0.2, -0.15) is 0 Å². The summed E-state index contributed by atoms with van der Waals surface area (Å²) in [6.07, 6.45) is 2.57. The van der Waals surface area contributed by atoms with Gasteiger partial charge in [0.15, 0.2) is 0 Å². The fraction of sp³-hybridized carbons (Fsp3) is 0.818. The SMILES string of the molecule is C=C(OC(C)C)C1CCC(CNC)N1. The topological polar surface area (TPSA) is 33.3 Å². The highest BCUT2D eigenvalue weighted by molar-refractivity contribution is 5.03. The molecule has 2 N–H and O–H groups in total. The van der Waals surface area contributed by atoms with Crippen molar-refractivity contribution >= 4 is 0 Å². The third-order valence-corrected chi connectivity index (χ3v) is 2.47. The standard InChI is InChI=1S/C11H22N2O/c1-8(2)14-9(3)11-6-5-10(13-11)7-12-4/h8,10-13H,3,5-7H2,1-2,4H3. The zero-order valence-corrected chi connectivity index (χ0v) is 9.47. The second-order valence-corrected chi connectivity index (χ2v) is 4.18. The Bertz CT molecular complexity index is 192. The first-order valence-corrected chi connectivity index (χ1v) is 5.39. The lowest BCUT2D eigenvalue weighted by atomic mass is 10.2. The summed E-state index contributed by atoms with van der Waals surface area (Å²) in [5.74, 6) is 0.888. The average Bonchev–Trinajstić information content (AvgIpc) is 2.52. The van der Waals surface area contributed by atoms with Crippen LogP contribution in [0, 0.1) is 0 Å². The van der Waals surface area contributed by atoms with E-state index in [1.807, 2.05) is 20.9 Å². The van der Waals surface area contributed by atoms with Crippen LogP contribution in [0.3, 0.4) is 0 Å². The summed E-state index contributed by atoms with van der Waals surface area (Å²) in [5, 5.41) is 6.69. The molecule has 0 aromatic carbocycles. The van der Waals surface area contributed by atoms with Gasteiger partial charge in [0.25, 0.3) is 0 Å². The summed E-state index contributed by atoms with van der Waals surface area (Å²) in [5.41, 5.74) is 0. The number of hydrogen-bond acceptors (Lipinski definition) is 3. The van der Waals surface area contributed by atoms with E-state index in [0.29, 0.717) is 12.1 Å². The molecular formula is C11H22N2O. The van der Waals surface area contributed by atoms with Gasteiger partial charge < -0.3 is 15.4 Å². The maximum absolute atomic E-state index is 5.58. The van der Waals surface area contributed by atoms with Crippen molar-refractivity contribution in [3.63, 3.8) is 0 Å². The average molecular weight is 198 g/mol. The minimum absolute atomic E-state index is 0.229. The van der Waals surface area contributed by atoms with E-state index in [1.54, 1.807) is 0 Å². The van der Waals surface area contributed by atoms with Gasteiger partial charge >= 0.3 is 0 Å². The van der Waals surface area contributed by atoms with Gasteiger partial charge in [0.2, 0.25) is 0 Å². The molecule has 2 unspecified atom stereocenters. The summed E-state index contributed by atoms with van der Waals surface area (Å²) in [4.78, 5) is 0. The summed E-state index contributed by atoms with van der Waals surface area (Å²) in [6.45, 7) is 9.05. The molecule has 0 bridgehead atoms. The molecule has 1 aliphatic rings. The van der Waals surface area contributed by atoms with Crippen LogP contribution in [0.1, 0.15) is 26.7 Å².